The lowest BCUT2D eigenvalue weighted by Crippen LogP contribution is -2.59. The summed E-state index contributed by atoms with van der Waals surface area (Å²) in [5.41, 5.74) is 1.02. The van der Waals surface area contributed by atoms with E-state index in [4.69, 9.17) is 13.3 Å². The zero-order valence-corrected chi connectivity index (χ0v) is 16.1. The molecule has 0 aliphatic carbocycles. The van der Waals surface area contributed by atoms with Crippen molar-refractivity contribution >= 4 is 14.7 Å². The summed E-state index contributed by atoms with van der Waals surface area (Å²) in [7, 11) is -2.99. The topological polar surface area (TPSA) is 30.9 Å². The van der Waals surface area contributed by atoms with Crippen LogP contribution in [0.4, 0.5) is 5.69 Å². The third-order valence-electron chi connectivity index (χ3n) is 3.17. The van der Waals surface area contributed by atoms with Crippen molar-refractivity contribution in [3.05, 3.63) is 42.6 Å². The highest BCUT2D eigenvalue weighted by Gasteiger charge is 2.48. The molecule has 130 valence electrons. The van der Waals surface area contributed by atoms with Crippen molar-refractivity contribution in [2.24, 2.45) is 5.92 Å². The van der Waals surface area contributed by atoms with Crippen molar-refractivity contribution < 1.29 is 13.3 Å². The van der Waals surface area contributed by atoms with E-state index in [1.54, 1.807) is 0 Å². The summed E-state index contributed by atoms with van der Waals surface area (Å²) in [5, 5.41) is 0. The molecule has 1 rings (SSSR count). The van der Waals surface area contributed by atoms with E-state index in [1.807, 2.05) is 39.0 Å². The molecule has 0 heterocycles. The molecule has 0 fully saturated rings. The first-order chi connectivity index (χ1) is 11.1. The van der Waals surface area contributed by atoms with Crippen LogP contribution in [0.5, 0.6) is 0 Å². The van der Waals surface area contributed by atoms with Gasteiger partial charge in [0.05, 0.1) is 0 Å². The molecule has 1 aromatic rings. The van der Waals surface area contributed by atoms with E-state index in [9.17, 15) is 0 Å². The molecule has 0 saturated heterocycles. The number of allylic oxidation sites excluding steroid dienone is 1. The highest BCUT2D eigenvalue weighted by Crippen LogP contribution is 2.25. The lowest BCUT2D eigenvalue weighted by Gasteiger charge is -2.36. The highest BCUT2D eigenvalue weighted by atomic mass is 28.4. The van der Waals surface area contributed by atoms with Crippen LogP contribution in [0.15, 0.2) is 42.6 Å². The van der Waals surface area contributed by atoms with Gasteiger partial charge in [-0.1, -0.05) is 38.1 Å². The lowest BCUT2D eigenvalue weighted by atomic mass is 10.1. The van der Waals surface area contributed by atoms with Crippen LogP contribution in [-0.4, -0.2) is 28.8 Å². The fourth-order valence-corrected chi connectivity index (χ4v) is 4.76. The smallest absolute Gasteiger partial charge is 0.357 e. The Hall–Kier alpha value is -1.14. The minimum atomic E-state index is -2.99. The number of benzene rings is 1. The predicted octanol–water partition coefficient (Wildman–Crippen LogP) is 4.60. The minimum Gasteiger partial charge on any atom is -0.357 e. The SMILES string of the molecule is CCO[Si](OCC)(OCC)N(/C=C/CC(C)C)c1ccccc1. The van der Waals surface area contributed by atoms with E-state index in [0.29, 0.717) is 25.7 Å². The van der Waals surface area contributed by atoms with Crippen molar-refractivity contribution in [2.45, 2.75) is 41.0 Å². The van der Waals surface area contributed by atoms with E-state index >= 15 is 0 Å². The number of nitrogens with zero attached hydrogens (tertiary/aromatic N) is 1. The highest BCUT2D eigenvalue weighted by molar-refractivity contribution is 6.65. The zero-order chi connectivity index (χ0) is 17.1. The second-order valence-electron chi connectivity index (χ2n) is 5.54. The van der Waals surface area contributed by atoms with Gasteiger partial charge in [-0.3, -0.25) is 0 Å². The van der Waals surface area contributed by atoms with Crippen molar-refractivity contribution in [1.29, 1.82) is 0 Å². The molecule has 4 nitrogen and oxygen atoms in total. The Morgan fingerprint density at radius 1 is 0.957 bits per heavy atom. The summed E-state index contributed by atoms with van der Waals surface area (Å²) < 4.78 is 20.2. The van der Waals surface area contributed by atoms with Gasteiger partial charge in [0.2, 0.25) is 0 Å². The maximum Gasteiger partial charge on any atom is 0.637 e. The van der Waals surface area contributed by atoms with Gasteiger partial charge in [-0.25, -0.2) is 0 Å². The molecule has 1 aromatic carbocycles. The molecule has 0 aliphatic heterocycles. The van der Waals surface area contributed by atoms with Crippen LogP contribution in [0.3, 0.4) is 0 Å². The molecule has 0 unspecified atom stereocenters. The standard InChI is InChI=1S/C18H31NO3Si/c1-6-20-23(21-7-2,22-8-3)19(16-12-13-17(4)5)18-14-10-9-11-15-18/h9-12,14-17H,6-8,13H2,1-5H3/b16-12+. The van der Waals surface area contributed by atoms with Gasteiger partial charge in [0.25, 0.3) is 0 Å². The van der Waals surface area contributed by atoms with Gasteiger partial charge in [-0.15, -0.1) is 0 Å². The Morgan fingerprint density at radius 3 is 1.91 bits per heavy atom. The monoisotopic (exact) mass is 337 g/mol. The van der Waals surface area contributed by atoms with Crippen LogP contribution in [0, 0.1) is 5.92 Å². The van der Waals surface area contributed by atoms with Crippen LogP contribution in [0.2, 0.25) is 0 Å². The van der Waals surface area contributed by atoms with E-state index < -0.39 is 8.97 Å². The second kappa shape index (κ2) is 10.6. The van der Waals surface area contributed by atoms with Crippen LogP contribution in [0.25, 0.3) is 0 Å². The molecular weight excluding hydrogens is 306 g/mol. The molecule has 0 aliphatic rings. The molecule has 23 heavy (non-hydrogen) atoms. The van der Waals surface area contributed by atoms with E-state index in [-0.39, 0.29) is 0 Å². The van der Waals surface area contributed by atoms with Gasteiger partial charge in [0.1, 0.15) is 0 Å². The molecule has 0 radical (unpaired) electrons. The number of hydrogen-bond acceptors (Lipinski definition) is 4. The van der Waals surface area contributed by atoms with Gasteiger partial charge in [-0.05, 0) is 51.4 Å². The average Bonchev–Trinajstić information content (AvgIpc) is 2.53. The van der Waals surface area contributed by atoms with Gasteiger partial charge in [0.15, 0.2) is 0 Å². The summed E-state index contributed by atoms with van der Waals surface area (Å²) >= 11 is 0. The first-order valence-electron chi connectivity index (χ1n) is 8.52. The maximum atomic E-state index is 6.05. The number of hydrogen-bond donors (Lipinski definition) is 0. The number of anilines is 1. The van der Waals surface area contributed by atoms with Crippen LogP contribution < -0.4 is 4.57 Å². The molecule has 0 aromatic heterocycles. The Labute approximate surface area is 142 Å². The van der Waals surface area contributed by atoms with Gasteiger partial charge in [0, 0.05) is 25.5 Å². The first-order valence-corrected chi connectivity index (χ1v) is 10.2. The summed E-state index contributed by atoms with van der Waals surface area (Å²) in [6.07, 6.45) is 5.22. The molecule has 0 saturated carbocycles. The van der Waals surface area contributed by atoms with Crippen molar-refractivity contribution in [3.8, 4) is 0 Å². The maximum absolute atomic E-state index is 6.05. The largest absolute Gasteiger partial charge is 0.637 e. The molecule has 0 amide bonds. The van der Waals surface area contributed by atoms with Crippen LogP contribution in [0.1, 0.15) is 41.0 Å². The predicted molar refractivity (Wildman–Crippen MR) is 98.1 cm³/mol. The Balaban J connectivity index is 3.22. The minimum absolute atomic E-state index is 0.549. The normalized spacial score (nSPS) is 12.3. The first kappa shape index (κ1) is 19.9. The Morgan fingerprint density at radius 2 is 1.48 bits per heavy atom. The van der Waals surface area contributed by atoms with Crippen molar-refractivity contribution in [3.63, 3.8) is 0 Å². The van der Waals surface area contributed by atoms with E-state index in [0.717, 1.165) is 12.1 Å². The summed E-state index contributed by atoms with van der Waals surface area (Å²) in [6, 6.07) is 10.1. The summed E-state index contributed by atoms with van der Waals surface area (Å²) in [6.45, 7) is 12.0. The summed E-state index contributed by atoms with van der Waals surface area (Å²) in [5.74, 6) is 0.603. The molecule has 0 N–H and O–H groups in total. The Kier molecular flexibility index (Phi) is 9.17. The molecule has 0 bridgehead atoms. The number of para-hydroxylation sites is 1. The summed E-state index contributed by atoms with van der Waals surface area (Å²) in [4.78, 5) is 0. The van der Waals surface area contributed by atoms with Gasteiger partial charge >= 0.3 is 8.97 Å². The van der Waals surface area contributed by atoms with E-state index in [1.165, 1.54) is 0 Å². The van der Waals surface area contributed by atoms with Gasteiger partial charge < -0.3 is 17.8 Å². The average molecular weight is 338 g/mol. The van der Waals surface area contributed by atoms with Crippen molar-refractivity contribution in [1.82, 2.24) is 0 Å². The number of rotatable bonds is 11. The quantitative estimate of drug-likeness (QED) is 0.552. The Bertz CT molecular complexity index is 434. The molecule has 5 heteroatoms. The molecule has 0 spiro atoms. The lowest BCUT2D eigenvalue weighted by molar-refractivity contribution is 0.0717. The fraction of sp³-hybridized carbons (Fsp3) is 0.556. The molecular formula is C18H31NO3Si. The fourth-order valence-electron chi connectivity index (χ4n) is 2.24. The zero-order valence-electron chi connectivity index (χ0n) is 15.1. The van der Waals surface area contributed by atoms with E-state index in [2.05, 4.69) is 42.8 Å². The van der Waals surface area contributed by atoms with Crippen molar-refractivity contribution in [2.75, 3.05) is 24.4 Å². The molecule has 0 atom stereocenters. The third-order valence-corrected chi connectivity index (χ3v) is 6.13. The van der Waals surface area contributed by atoms with Crippen LogP contribution >= 0.6 is 0 Å². The second-order valence-corrected chi connectivity index (χ2v) is 7.94. The third kappa shape index (κ3) is 6.10. The van der Waals surface area contributed by atoms with Gasteiger partial charge in [-0.2, -0.15) is 0 Å². The van der Waals surface area contributed by atoms with Crippen LogP contribution in [-0.2, 0) is 13.3 Å².